The van der Waals surface area contributed by atoms with Gasteiger partial charge in [0.2, 0.25) is 0 Å². The molecule has 0 amide bonds. The average molecular weight is 275 g/mol. The van der Waals surface area contributed by atoms with Crippen molar-refractivity contribution in [2.45, 2.75) is 46.2 Å². The molecule has 0 bridgehead atoms. The fourth-order valence-electron chi connectivity index (χ4n) is 3.72. The van der Waals surface area contributed by atoms with E-state index in [4.69, 9.17) is 0 Å². The van der Waals surface area contributed by atoms with Crippen molar-refractivity contribution >= 4 is 0 Å². The summed E-state index contributed by atoms with van der Waals surface area (Å²) < 4.78 is 0. The number of rotatable bonds is 6. The number of pyridine rings is 1. The van der Waals surface area contributed by atoms with Gasteiger partial charge in [-0.25, -0.2) is 0 Å². The van der Waals surface area contributed by atoms with Crippen LogP contribution in [0.3, 0.4) is 0 Å². The van der Waals surface area contributed by atoms with Crippen LogP contribution in [-0.4, -0.2) is 36.1 Å². The van der Waals surface area contributed by atoms with Crippen molar-refractivity contribution in [1.82, 2.24) is 15.2 Å². The highest BCUT2D eigenvalue weighted by molar-refractivity contribution is 5.09. The summed E-state index contributed by atoms with van der Waals surface area (Å²) in [5.74, 6) is 0.761. The third-order valence-electron chi connectivity index (χ3n) is 4.88. The van der Waals surface area contributed by atoms with Crippen LogP contribution in [0.2, 0.25) is 0 Å². The Balaban J connectivity index is 1.97. The Morgan fingerprint density at radius 1 is 1.35 bits per heavy atom. The summed E-state index contributed by atoms with van der Waals surface area (Å²) in [6, 6.07) is 4.88. The van der Waals surface area contributed by atoms with Crippen molar-refractivity contribution < 1.29 is 0 Å². The van der Waals surface area contributed by atoms with Gasteiger partial charge in [0, 0.05) is 31.5 Å². The molecule has 20 heavy (non-hydrogen) atoms. The van der Waals surface area contributed by atoms with Gasteiger partial charge in [0.15, 0.2) is 0 Å². The molecule has 2 rings (SSSR count). The van der Waals surface area contributed by atoms with E-state index >= 15 is 0 Å². The van der Waals surface area contributed by atoms with Crippen molar-refractivity contribution in [3.63, 3.8) is 0 Å². The fraction of sp³-hybridized carbons (Fsp3) is 0.706. The average Bonchev–Trinajstić information content (AvgIpc) is 2.73. The first-order valence-electron chi connectivity index (χ1n) is 7.85. The quantitative estimate of drug-likeness (QED) is 0.865. The number of hydrogen-bond donors (Lipinski definition) is 1. The van der Waals surface area contributed by atoms with Crippen molar-refractivity contribution in [2.75, 3.05) is 20.1 Å². The minimum absolute atomic E-state index is 0.426. The molecule has 0 aliphatic heterocycles. The smallest absolute Gasteiger partial charge is 0.0271 e. The molecule has 3 heteroatoms. The minimum atomic E-state index is 0.426. The monoisotopic (exact) mass is 275 g/mol. The number of nitrogens with one attached hydrogen (secondary N) is 1. The van der Waals surface area contributed by atoms with Crippen LogP contribution in [-0.2, 0) is 6.54 Å². The normalized spacial score (nSPS) is 25.2. The summed E-state index contributed by atoms with van der Waals surface area (Å²) in [7, 11) is 2.11. The molecule has 1 saturated carbocycles. The Kier molecular flexibility index (Phi) is 5.17. The largest absolute Gasteiger partial charge is 0.316 e. The Morgan fingerprint density at radius 3 is 2.65 bits per heavy atom. The van der Waals surface area contributed by atoms with E-state index in [1.165, 1.54) is 24.9 Å². The zero-order valence-corrected chi connectivity index (χ0v) is 13.4. The molecule has 0 radical (unpaired) electrons. The fourth-order valence-corrected chi connectivity index (χ4v) is 3.72. The van der Waals surface area contributed by atoms with E-state index in [1.807, 2.05) is 12.4 Å². The molecule has 1 fully saturated rings. The zero-order chi connectivity index (χ0) is 14.6. The van der Waals surface area contributed by atoms with Crippen LogP contribution >= 0.6 is 0 Å². The predicted molar refractivity (Wildman–Crippen MR) is 84.5 cm³/mol. The van der Waals surface area contributed by atoms with Crippen LogP contribution in [0.1, 0.15) is 39.2 Å². The van der Waals surface area contributed by atoms with Gasteiger partial charge in [0.05, 0.1) is 0 Å². The van der Waals surface area contributed by atoms with E-state index in [0.29, 0.717) is 11.5 Å². The second kappa shape index (κ2) is 6.68. The Morgan fingerprint density at radius 2 is 2.05 bits per heavy atom. The molecule has 112 valence electrons. The first-order valence-corrected chi connectivity index (χ1v) is 7.85. The lowest BCUT2D eigenvalue weighted by molar-refractivity contribution is 0.189. The molecule has 0 aromatic carbocycles. The molecule has 2 unspecified atom stereocenters. The SMILES string of the molecule is CCN(Cc1ccncc1)CC1CCC(C)(C)C1NC. The summed E-state index contributed by atoms with van der Waals surface area (Å²) in [4.78, 5) is 6.66. The molecular formula is C17H29N3. The number of hydrogen-bond acceptors (Lipinski definition) is 3. The zero-order valence-electron chi connectivity index (χ0n) is 13.4. The molecule has 0 spiro atoms. The topological polar surface area (TPSA) is 28.2 Å². The van der Waals surface area contributed by atoms with E-state index in [9.17, 15) is 0 Å². The second-order valence-electron chi connectivity index (χ2n) is 6.74. The molecular weight excluding hydrogens is 246 g/mol. The lowest BCUT2D eigenvalue weighted by Crippen LogP contribution is -2.44. The van der Waals surface area contributed by atoms with E-state index in [1.54, 1.807) is 0 Å². The molecule has 3 nitrogen and oxygen atoms in total. The third kappa shape index (κ3) is 3.58. The summed E-state index contributed by atoms with van der Waals surface area (Å²) in [5, 5.41) is 3.56. The maximum absolute atomic E-state index is 4.10. The van der Waals surface area contributed by atoms with Crippen LogP contribution < -0.4 is 5.32 Å². The maximum atomic E-state index is 4.10. The first kappa shape index (κ1) is 15.5. The van der Waals surface area contributed by atoms with Crippen molar-refractivity contribution in [3.05, 3.63) is 30.1 Å². The Hall–Kier alpha value is -0.930. The van der Waals surface area contributed by atoms with Gasteiger partial charge in [-0.3, -0.25) is 9.88 Å². The maximum Gasteiger partial charge on any atom is 0.0271 e. The minimum Gasteiger partial charge on any atom is -0.316 e. The summed E-state index contributed by atoms with van der Waals surface area (Å²) in [5.41, 5.74) is 1.79. The molecule has 1 heterocycles. The highest BCUT2D eigenvalue weighted by Gasteiger charge is 2.41. The second-order valence-corrected chi connectivity index (χ2v) is 6.74. The summed E-state index contributed by atoms with van der Waals surface area (Å²) in [6.45, 7) is 10.4. The lowest BCUT2D eigenvalue weighted by Gasteiger charge is -2.33. The summed E-state index contributed by atoms with van der Waals surface area (Å²) >= 11 is 0. The van der Waals surface area contributed by atoms with Crippen LogP contribution in [0.4, 0.5) is 0 Å². The first-order chi connectivity index (χ1) is 9.56. The van der Waals surface area contributed by atoms with Gasteiger partial charge >= 0.3 is 0 Å². The molecule has 1 N–H and O–H groups in total. The highest BCUT2D eigenvalue weighted by Crippen LogP contribution is 2.41. The van der Waals surface area contributed by atoms with Crippen molar-refractivity contribution in [1.29, 1.82) is 0 Å². The van der Waals surface area contributed by atoms with Gasteiger partial charge in [-0.1, -0.05) is 20.8 Å². The van der Waals surface area contributed by atoms with E-state index in [0.717, 1.165) is 19.0 Å². The van der Waals surface area contributed by atoms with Crippen LogP contribution in [0, 0.1) is 11.3 Å². The van der Waals surface area contributed by atoms with Crippen molar-refractivity contribution in [2.24, 2.45) is 11.3 Å². The highest BCUT2D eigenvalue weighted by atomic mass is 15.1. The molecule has 1 aromatic heterocycles. The molecule has 2 atom stereocenters. The molecule has 0 saturated heterocycles. The Bertz CT molecular complexity index is 402. The standard InChI is InChI=1S/C17H29N3/c1-5-20(12-14-7-10-19-11-8-14)13-15-6-9-17(2,3)16(15)18-4/h7-8,10-11,15-16,18H,5-6,9,12-13H2,1-4H3. The van der Waals surface area contributed by atoms with E-state index < -0.39 is 0 Å². The number of aromatic nitrogens is 1. The van der Waals surface area contributed by atoms with Gasteiger partial charge in [-0.05, 0) is 55.5 Å². The molecule has 1 aromatic rings. The third-order valence-corrected chi connectivity index (χ3v) is 4.88. The lowest BCUT2D eigenvalue weighted by atomic mass is 9.85. The predicted octanol–water partition coefficient (Wildman–Crippen LogP) is 2.93. The Labute approximate surface area is 123 Å². The van der Waals surface area contributed by atoms with Crippen LogP contribution in [0.5, 0.6) is 0 Å². The number of nitrogens with zero attached hydrogens (tertiary/aromatic N) is 2. The van der Waals surface area contributed by atoms with Crippen LogP contribution in [0.15, 0.2) is 24.5 Å². The van der Waals surface area contributed by atoms with E-state index in [2.05, 4.69) is 55.2 Å². The van der Waals surface area contributed by atoms with Gasteiger partial charge in [0.1, 0.15) is 0 Å². The van der Waals surface area contributed by atoms with Gasteiger partial charge in [-0.2, -0.15) is 0 Å². The van der Waals surface area contributed by atoms with Crippen molar-refractivity contribution in [3.8, 4) is 0 Å². The van der Waals surface area contributed by atoms with E-state index in [-0.39, 0.29) is 0 Å². The van der Waals surface area contributed by atoms with Gasteiger partial charge in [0.25, 0.3) is 0 Å². The molecule has 1 aliphatic rings. The van der Waals surface area contributed by atoms with Crippen LogP contribution in [0.25, 0.3) is 0 Å². The van der Waals surface area contributed by atoms with Gasteiger partial charge in [-0.15, -0.1) is 0 Å². The summed E-state index contributed by atoms with van der Waals surface area (Å²) in [6.07, 6.45) is 6.44. The molecule has 1 aliphatic carbocycles. The van der Waals surface area contributed by atoms with Gasteiger partial charge < -0.3 is 5.32 Å².